The summed E-state index contributed by atoms with van der Waals surface area (Å²) in [5.41, 5.74) is -2.07. The zero-order chi connectivity index (χ0) is 13.4. The van der Waals surface area contributed by atoms with Crippen LogP contribution in [0.1, 0.15) is 42.6 Å². The van der Waals surface area contributed by atoms with Gasteiger partial charge in [0.25, 0.3) is 5.91 Å². The van der Waals surface area contributed by atoms with Crippen LogP contribution >= 0.6 is 0 Å². The van der Waals surface area contributed by atoms with Crippen LogP contribution in [0.4, 0.5) is 13.2 Å². The third-order valence-electron chi connectivity index (χ3n) is 2.87. The first-order valence-corrected chi connectivity index (χ1v) is 5.68. The van der Waals surface area contributed by atoms with Gasteiger partial charge in [-0.3, -0.25) is 9.89 Å². The zero-order valence-corrected chi connectivity index (χ0v) is 9.76. The summed E-state index contributed by atoms with van der Waals surface area (Å²) in [6, 6.07) is 0. The number of nitrogens with one attached hydrogen (secondary N) is 2. The molecule has 0 unspecified atom stereocenters. The molecule has 1 amide bonds. The third kappa shape index (κ3) is 2.32. The number of carbonyl (C=O) groups is 1. The highest BCUT2D eigenvalue weighted by atomic mass is 19.4. The molecule has 0 bridgehead atoms. The van der Waals surface area contributed by atoms with Crippen molar-refractivity contribution in [3.63, 3.8) is 0 Å². The van der Waals surface area contributed by atoms with Gasteiger partial charge in [-0.15, -0.1) is 5.10 Å². The molecule has 0 spiro atoms. The van der Waals surface area contributed by atoms with Crippen LogP contribution in [-0.2, 0) is 6.42 Å². The monoisotopic (exact) mass is 262 g/mol. The van der Waals surface area contributed by atoms with Crippen molar-refractivity contribution in [2.75, 3.05) is 0 Å². The van der Waals surface area contributed by atoms with Crippen molar-refractivity contribution in [1.29, 1.82) is 0 Å². The lowest BCUT2D eigenvalue weighted by molar-refractivity contribution is -0.163. The highest BCUT2D eigenvalue weighted by Crippen LogP contribution is 2.48. The standard InChI is InChI=1S/C10H13F3N4O/c1-2-3-6-14-7(17-16-6)8(18)15-9(4-5-9)10(11,12)13/h2-5H2,1H3,(H,15,18)(H,14,16,17). The van der Waals surface area contributed by atoms with E-state index < -0.39 is 17.6 Å². The predicted molar refractivity (Wildman–Crippen MR) is 55.9 cm³/mol. The molecule has 8 heteroatoms. The molecule has 1 heterocycles. The number of rotatable bonds is 4. The second-order valence-corrected chi connectivity index (χ2v) is 4.39. The normalized spacial score (nSPS) is 17.6. The van der Waals surface area contributed by atoms with E-state index >= 15 is 0 Å². The van der Waals surface area contributed by atoms with Gasteiger partial charge in [-0.05, 0) is 19.3 Å². The van der Waals surface area contributed by atoms with Crippen LogP contribution in [0.2, 0.25) is 0 Å². The van der Waals surface area contributed by atoms with Crippen molar-refractivity contribution < 1.29 is 18.0 Å². The van der Waals surface area contributed by atoms with Crippen LogP contribution in [0.15, 0.2) is 0 Å². The first-order valence-electron chi connectivity index (χ1n) is 5.68. The van der Waals surface area contributed by atoms with Crippen LogP contribution < -0.4 is 5.32 Å². The Morgan fingerprint density at radius 2 is 2.17 bits per heavy atom. The molecule has 1 aromatic rings. The quantitative estimate of drug-likeness (QED) is 0.865. The number of amides is 1. The summed E-state index contributed by atoms with van der Waals surface area (Å²) in [5, 5.41) is 8.11. The van der Waals surface area contributed by atoms with Gasteiger partial charge in [0.05, 0.1) is 0 Å². The Bertz CT molecular complexity index is 450. The van der Waals surface area contributed by atoms with E-state index in [-0.39, 0.29) is 18.7 Å². The molecule has 0 aliphatic heterocycles. The van der Waals surface area contributed by atoms with Crippen LogP contribution in [0, 0.1) is 0 Å². The number of hydrogen-bond donors (Lipinski definition) is 2. The summed E-state index contributed by atoms with van der Waals surface area (Å²) in [6.45, 7) is 1.92. The van der Waals surface area contributed by atoms with Gasteiger partial charge in [0.2, 0.25) is 5.82 Å². The molecule has 0 aromatic carbocycles. The predicted octanol–water partition coefficient (Wildman–Crippen LogP) is 1.58. The zero-order valence-electron chi connectivity index (χ0n) is 9.76. The Hall–Kier alpha value is -1.60. The van der Waals surface area contributed by atoms with Gasteiger partial charge in [0, 0.05) is 6.42 Å². The average molecular weight is 262 g/mol. The Morgan fingerprint density at radius 1 is 1.50 bits per heavy atom. The highest BCUT2D eigenvalue weighted by Gasteiger charge is 2.64. The second kappa shape index (κ2) is 4.25. The number of aryl methyl sites for hydroxylation is 1. The van der Waals surface area contributed by atoms with Crippen molar-refractivity contribution in [3.8, 4) is 0 Å². The fourth-order valence-corrected chi connectivity index (χ4v) is 1.62. The molecular formula is C10H13F3N4O. The van der Waals surface area contributed by atoms with Crippen molar-refractivity contribution in [2.45, 2.75) is 44.3 Å². The minimum Gasteiger partial charge on any atom is -0.335 e. The summed E-state index contributed by atoms with van der Waals surface area (Å²) in [7, 11) is 0. The number of H-pyrrole nitrogens is 1. The summed E-state index contributed by atoms with van der Waals surface area (Å²) in [6.07, 6.45) is -3.19. The van der Waals surface area contributed by atoms with Gasteiger partial charge in [-0.2, -0.15) is 13.2 Å². The molecule has 1 fully saturated rings. The fourth-order valence-electron chi connectivity index (χ4n) is 1.62. The van der Waals surface area contributed by atoms with E-state index in [0.29, 0.717) is 12.2 Å². The Kier molecular flexibility index (Phi) is 3.04. The summed E-state index contributed by atoms with van der Waals surface area (Å²) in [5.74, 6) is -0.628. The fraction of sp³-hybridized carbons (Fsp3) is 0.700. The minimum atomic E-state index is -4.43. The number of hydrogen-bond acceptors (Lipinski definition) is 3. The topological polar surface area (TPSA) is 70.7 Å². The third-order valence-corrected chi connectivity index (χ3v) is 2.87. The van der Waals surface area contributed by atoms with E-state index in [4.69, 9.17) is 0 Å². The first kappa shape index (κ1) is 12.8. The maximum Gasteiger partial charge on any atom is 0.411 e. The Labute approximate surface area is 101 Å². The van der Waals surface area contributed by atoms with Crippen LogP contribution in [0.5, 0.6) is 0 Å². The maximum absolute atomic E-state index is 12.6. The molecule has 0 atom stereocenters. The molecule has 1 aromatic heterocycles. The van der Waals surface area contributed by atoms with E-state index in [1.54, 1.807) is 0 Å². The van der Waals surface area contributed by atoms with E-state index in [9.17, 15) is 18.0 Å². The molecule has 5 nitrogen and oxygen atoms in total. The van der Waals surface area contributed by atoms with Gasteiger partial charge in [0.1, 0.15) is 11.4 Å². The average Bonchev–Trinajstić information content (AvgIpc) is 2.90. The molecule has 2 rings (SSSR count). The number of aromatic amines is 1. The van der Waals surface area contributed by atoms with Gasteiger partial charge < -0.3 is 5.32 Å². The van der Waals surface area contributed by atoms with Crippen molar-refractivity contribution in [2.24, 2.45) is 0 Å². The molecule has 1 aliphatic rings. The number of alkyl halides is 3. The van der Waals surface area contributed by atoms with Crippen LogP contribution in [0.25, 0.3) is 0 Å². The van der Waals surface area contributed by atoms with Gasteiger partial charge in [-0.25, -0.2) is 4.98 Å². The van der Waals surface area contributed by atoms with Crippen molar-refractivity contribution >= 4 is 5.91 Å². The molecule has 18 heavy (non-hydrogen) atoms. The van der Waals surface area contributed by atoms with E-state index in [0.717, 1.165) is 6.42 Å². The first-order chi connectivity index (χ1) is 8.38. The van der Waals surface area contributed by atoms with E-state index in [1.165, 1.54) is 0 Å². The SMILES string of the molecule is CCCc1nc(C(=O)NC2(C(F)(F)F)CC2)n[nH]1. The summed E-state index contributed by atoms with van der Waals surface area (Å²) < 4.78 is 37.9. The van der Waals surface area contributed by atoms with Crippen molar-refractivity contribution in [3.05, 3.63) is 11.6 Å². The molecule has 1 aliphatic carbocycles. The van der Waals surface area contributed by atoms with Crippen LogP contribution in [-0.4, -0.2) is 32.8 Å². The van der Waals surface area contributed by atoms with E-state index in [1.807, 2.05) is 12.2 Å². The van der Waals surface area contributed by atoms with Gasteiger partial charge in [0.15, 0.2) is 0 Å². The molecular weight excluding hydrogens is 249 g/mol. The lowest BCUT2D eigenvalue weighted by Gasteiger charge is -2.19. The smallest absolute Gasteiger partial charge is 0.335 e. The van der Waals surface area contributed by atoms with Gasteiger partial charge >= 0.3 is 6.18 Å². The van der Waals surface area contributed by atoms with Crippen molar-refractivity contribution in [1.82, 2.24) is 20.5 Å². The maximum atomic E-state index is 12.6. The molecule has 0 saturated heterocycles. The summed E-state index contributed by atoms with van der Waals surface area (Å²) in [4.78, 5) is 15.5. The lowest BCUT2D eigenvalue weighted by atomic mass is 10.2. The Balaban J connectivity index is 2.04. The molecule has 0 radical (unpaired) electrons. The Morgan fingerprint density at radius 3 is 2.67 bits per heavy atom. The minimum absolute atomic E-state index is 0.0888. The molecule has 1 saturated carbocycles. The van der Waals surface area contributed by atoms with Gasteiger partial charge in [-0.1, -0.05) is 6.92 Å². The molecule has 2 N–H and O–H groups in total. The number of halogens is 3. The molecule has 100 valence electrons. The number of nitrogens with zero attached hydrogens (tertiary/aromatic N) is 2. The summed E-state index contributed by atoms with van der Waals surface area (Å²) >= 11 is 0. The highest BCUT2D eigenvalue weighted by molar-refractivity contribution is 5.91. The largest absolute Gasteiger partial charge is 0.411 e. The van der Waals surface area contributed by atoms with Crippen LogP contribution in [0.3, 0.4) is 0 Å². The number of aromatic nitrogens is 3. The number of carbonyl (C=O) groups excluding carboxylic acids is 1. The van der Waals surface area contributed by atoms with E-state index in [2.05, 4.69) is 15.2 Å². The second-order valence-electron chi connectivity index (χ2n) is 4.39. The lowest BCUT2D eigenvalue weighted by Crippen LogP contribution is -2.48.